The summed E-state index contributed by atoms with van der Waals surface area (Å²) < 4.78 is 23.9. The van der Waals surface area contributed by atoms with Gasteiger partial charge in [-0.25, -0.2) is 9.36 Å². The average molecular weight is 904 g/mol. The SMILES string of the molecule is C#Cc1ccc(OC)c(C)c1.COc1ccc(-n2cc(-c3ccc(C)c(C)c3)nn2)cc1OC.COc1ccc(N=[N+]=[N-])cc1C.Oc1ccc(-c2cn(-c3ccc(O)c(O)c3)nn2)cc1O. The highest BCUT2D eigenvalue weighted by Crippen LogP contribution is 2.32. The second kappa shape index (κ2) is 23.0. The number of nitrogens with zero attached hydrogens (tertiary/aromatic N) is 9. The molecule has 0 amide bonds. The third kappa shape index (κ3) is 12.8. The number of aromatic hydroxyl groups is 4. The maximum absolute atomic E-state index is 9.49. The highest BCUT2D eigenvalue weighted by atomic mass is 16.5. The number of phenols is 4. The van der Waals surface area contributed by atoms with Gasteiger partial charge < -0.3 is 39.4 Å². The zero-order valence-corrected chi connectivity index (χ0v) is 38.1. The minimum absolute atomic E-state index is 0.213. The van der Waals surface area contributed by atoms with Crippen LogP contribution in [0.5, 0.6) is 46.0 Å². The molecule has 17 heteroatoms. The molecule has 0 spiro atoms. The Morgan fingerprint density at radius 1 is 0.522 bits per heavy atom. The summed E-state index contributed by atoms with van der Waals surface area (Å²) >= 11 is 0. The first kappa shape index (κ1) is 48.9. The second-order valence-corrected chi connectivity index (χ2v) is 14.5. The molecular weight excluding hydrogens is 855 g/mol. The topological polar surface area (TPSA) is 228 Å². The van der Waals surface area contributed by atoms with Crippen molar-refractivity contribution in [3.8, 4) is 92.2 Å². The molecule has 0 saturated heterocycles. The van der Waals surface area contributed by atoms with Gasteiger partial charge in [0.1, 0.15) is 22.9 Å². The number of rotatable bonds is 9. The van der Waals surface area contributed by atoms with E-state index >= 15 is 0 Å². The van der Waals surface area contributed by atoms with E-state index in [1.807, 2.05) is 56.4 Å². The molecule has 0 atom stereocenters. The van der Waals surface area contributed by atoms with Crippen LogP contribution in [0.2, 0.25) is 0 Å². The number of hydrogen-bond donors (Lipinski definition) is 4. The van der Waals surface area contributed by atoms with Crippen molar-refractivity contribution in [3.63, 3.8) is 0 Å². The van der Waals surface area contributed by atoms with Gasteiger partial charge in [-0.1, -0.05) is 33.6 Å². The molecule has 0 aliphatic heterocycles. The van der Waals surface area contributed by atoms with E-state index in [0.717, 1.165) is 45.1 Å². The molecule has 0 aliphatic carbocycles. The van der Waals surface area contributed by atoms with Crippen LogP contribution in [-0.4, -0.2) is 78.9 Å². The van der Waals surface area contributed by atoms with Crippen LogP contribution in [0, 0.1) is 40.0 Å². The summed E-state index contributed by atoms with van der Waals surface area (Å²) in [7, 11) is 6.49. The quantitative estimate of drug-likeness (QED) is 0.0349. The van der Waals surface area contributed by atoms with Gasteiger partial charge in [-0.2, -0.15) is 0 Å². The number of terminal acetylenes is 1. The Hall–Kier alpha value is -9.13. The summed E-state index contributed by atoms with van der Waals surface area (Å²) in [5.41, 5.74) is 18.5. The van der Waals surface area contributed by atoms with Gasteiger partial charge in [-0.05, 0) is 140 Å². The predicted molar refractivity (Wildman–Crippen MR) is 255 cm³/mol. The number of azide groups is 1. The monoisotopic (exact) mass is 903 g/mol. The van der Waals surface area contributed by atoms with Crippen molar-refractivity contribution in [2.45, 2.75) is 27.7 Å². The molecule has 8 aromatic rings. The fourth-order valence-electron chi connectivity index (χ4n) is 6.19. The number of hydrogen-bond acceptors (Lipinski definition) is 13. The molecule has 4 N–H and O–H groups in total. The molecule has 0 aliphatic rings. The molecule has 0 bridgehead atoms. The Kier molecular flexibility index (Phi) is 16.8. The van der Waals surface area contributed by atoms with Crippen molar-refractivity contribution in [1.29, 1.82) is 0 Å². The van der Waals surface area contributed by atoms with Gasteiger partial charge in [0.05, 0.1) is 52.2 Å². The van der Waals surface area contributed by atoms with Crippen molar-refractivity contribution in [1.82, 2.24) is 30.0 Å². The molecule has 2 aromatic heterocycles. The number of methoxy groups -OCH3 is 4. The average Bonchev–Trinajstić information content (AvgIpc) is 4.04. The molecule has 0 radical (unpaired) electrons. The van der Waals surface area contributed by atoms with Gasteiger partial charge in [-0.15, -0.1) is 16.6 Å². The van der Waals surface area contributed by atoms with Gasteiger partial charge in [0.2, 0.25) is 0 Å². The lowest BCUT2D eigenvalue weighted by atomic mass is 10.0. The summed E-state index contributed by atoms with van der Waals surface area (Å²) in [6, 6.07) is 31.5. The maximum atomic E-state index is 9.49. The fourth-order valence-corrected chi connectivity index (χ4v) is 6.19. The van der Waals surface area contributed by atoms with E-state index in [1.165, 1.54) is 40.1 Å². The van der Waals surface area contributed by atoms with E-state index in [4.69, 9.17) is 30.9 Å². The summed E-state index contributed by atoms with van der Waals surface area (Å²) in [6.45, 7) is 8.06. The molecule has 0 saturated carbocycles. The zero-order chi connectivity index (χ0) is 48.6. The third-order valence-electron chi connectivity index (χ3n) is 10.0. The van der Waals surface area contributed by atoms with Crippen molar-refractivity contribution in [2.75, 3.05) is 28.4 Å². The van der Waals surface area contributed by atoms with Crippen LogP contribution >= 0.6 is 0 Å². The van der Waals surface area contributed by atoms with Gasteiger partial charge in [0, 0.05) is 39.4 Å². The van der Waals surface area contributed by atoms with E-state index in [2.05, 4.69) is 68.6 Å². The van der Waals surface area contributed by atoms with E-state index in [1.54, 1.807) is 69.6 Å². The molecule has 2 heterocycles. The summed E-state index contributed by atoms with van der Waals surface area (Å²) in [4.78, 5) is 2.69. The highest BCUT2D eigenvalue weighted by Gasteiger charge is 2.12. The van der Waals surface area contributed by atoms with E-state index in [-0.39, 0.29) is 23.0 Å². The Morgan fingerprint density at radius 2 is 1.03 bits per heavy atom. The molecule has 6 aromatic carbocycles. The second-order valence-electron chi connectivity index (χ2n) is 14.5. The van der Waals surface area contributed by atoms with Crippen LogP contribution in [0.4, 0.5) is 5.69 Å². The van der Waals surface area contributed by atoms with Crippen LogP contribution in [0.3, 0.4) is 0 Å². The molecule has 342 valence electrons. The lowest BCUT2D eigenvalue weighted by Crippen LogP contribution is -1.97. The Labute approximate surface area is 387 Å². The van der Waals surface area contributed by atoms with Crippen molar-refractivity contribution in [3.05, 3.63) is 160 Å². The summed E-state index contributed by atoms with van der Waals surface area (Å²) in [5.74, 6) is 4.65. The first-order chi connectivity index (χ1) is 32.2. The standard InChI is InChI=1S/C18H19N3O2.C14H11N3O4.C10H10O.C8H9N3O/c1-12-5-6-14(9-13(12)2)16-11-21(20-19-16)15-7-8-17(22-3)18(10-15)23-4;18-11-3-1-8(5-13(11)20)10-7-17(16-15-10)9-2-4-12(19)14(21)6-9;1-4-9-5-6-10(11-3)8(2)7-9;1-6-5-7(10-11-9)3-4-8(6)12-2/h5-11H,1-4H3;1-7,18-21H;1,5-7H,2-3H3;3-5H,1-2H3. The van der Waals surface area contributed by atoms with Crippen LogP contribution < -0.4 is 18.9 Å². The first-order valence-corrected chi connectivity index (χ1v) is 20.2. The Morgan fingerprint density at radius 3 is 1.55 bits per heavy atom. The Balaban J connectivity index is 0.000000175. The van der Waals surface area contributed by atoms with Gasteiger partial charge in [0.25, 0.3) is 0 Å². The Bertz CT molecular complexity index is 2990. The maximum Gasteiger partial charge on any atom is 0.162 e. The first-order valence-electron chi connectivity index (χ1n) is 20.2. The van der Waals surface area contributed by atoms with E-state index in [0.29, 0.717) is 34.1 Å². The van der Waals surface area contributed by atoms with Crippen LogP contribution in [-0.2, 0) is 0 Å². The number of phenolic OH excluding ortho intramolecular Hbond substituents is 4. The minimum Gasteiger partial charge on any atom is -0.504 e. The lowest BCUT2D eigenvalue weighted by Gasteiger charge is -2.09. The minimum atomic E-state index is -0.258. The lowest BCUT2D eigenvalue weighted by molar-refractivity contribution is 0.354. The largest absolute Gasteiger partial charge is 0.504 e. The van der Waals surface area contributed by atoms with Crippen LogP contribution in [0.15, 0.2) is 127 Å². The number of aryl methyl sites for hydroxylation is 4. The van der Waals surface area contributed by atoms with Crippen molar-refractivity contribution < 1.29 is 39.4 Å². The summed E-state index contributed by atoms with van der Waals surface area (Å²) in [6.07, 6.45) is 8.72. The molecule has 0 fully saturated rings. The molecule has 67 heavy (non-hydrogen) atoms. The molecule has 0 unspecified atom stereocenters. The fraction of sp³-hybridized carbons (Fsp3) is 0.160. The number of benzene rings is 6. The predicted octanol–water partition coefficient (Wildman–Crippen LogP) is 10.3. The van der Waals surface area contributed by atoms with Gasteiger partial charge in [0.15, 0.2) is 34.5 Å². The van der Waals surface area contributed by atoms with Gasteiger partial charge in [-0.3, -0.25) is 0 Å². The van der Waals surface area contributed by atoms with Gasteiger partial charge >= 0.3 is 0 Å². The van der Waals surface area contributed by atoms with Crippen LogP contribution in [0.25, 0.3) is 44.3 Å². The van der Waals surface area contributed by atoms with E-state index < -0.39 is 0 Å². The number of ether oxygens (including phenoxy) is 4. The normalized spacial score (nSPS) is 10.0. The molecular formula is C50H49N9O8. The van der Waals surface area contributed by atoms with Crippen molar-refractivity contribution in [2.24, 2.45) is 5.11 Å². The molecule has 8 rings (SSSR count). The van der Waals surface area contributed by atoms with Crippen LogP contribution in [0.1, 0.15) is 27.8 Å². The smallest absolute Gasteiger partial charge is 0.162 e. The molecule has 17 nitrogen and oxygen atoms in total. The van der Waals surface area contributed by atoms with Crippen molar-refractivity contribution >= 4 is 5.69 Å². The summed E-state index contributed by atoms with van der Waals surface area (Å²) in [5, 5.41) is 57.4. The highest BCUT2D eigenvalue weighted by molar-refractivity contribution is 5.63. The third-order valence-corrected chi connectivity index (χ3v) is 10.0. The number of aromatic nitrogens is 6. The zero-order valence-electron chi connectivity index (χ0n) is 38.1. The van der Waals surface area contributed by atoms with E-state index in [9.17, 15) is 20.4 Å².